The molecule has 2 aliphatic rings. The molecular formula is C9H18N2. The monoisotopic (exact) mass is 154 g/mol. The summed E-state index contributed by atoms with van der Waals surface area (Å²) in [5.74, 6) is 0. The van der Waals surface area contributed by atoms with Crippen LogP contribution < -0.4 is 5.73 Å². The molecule has 64 valence electrons. The molecule has 2 heterocycles. The maximum Gasteiger partial charge on any atom is 0.0113 e. The third-order valence-corrected chi connectivity index (χ3v) is 3.29. The lowest BCUT2D eigenvalue weighted by molar-refractivity contribution is 0.135. The topological polar surface area (TPSA) is 29.3 Å². The van der Waals surface area contributed by atoms with Gasteiger partial charge in [0, 0.05) is 18.1 Å². The number of piperidine rings is 1. The summed E-state index contributed by atoms with van der Waals surface area (Å²) in [5.41, 5.74) is 5.95. The van der Waals surface area contributed by atoms with Gasteiger partial charge in [-0.1, -0.05) is 6.92 Å². The Hall–Kier alpha value is -0.0800. The van der Waals surface area contributed by atoms with Gasteiger partial charge in [0.15, 0.2) is 0 Å². The average Bonchev–Trinajstić information content (AvgIpc) is 2.23. The van der Waals surface area contributed by atoms with Gasteiger partial charge < -0.3 is 5.73 Å². The summed E-state index contributed by atoms with van der Waals surface area (Å²) in [5, 5.41) is 0. The first-order valence-electron chi connectivity index (χ1n) is 4.82. The first-order valence-corrected chi connectivity index (χ1v) is 4.82. The Bertz CT molecular complexity index is 132. The van der Waals surface area contributed by atoms with Gasteiger partial charge in [-0.2, -0.15) is 0 Å². The summed E-state index contributed by atoms with van der Waals surface area (Å²) >= 11 is 0. The van der Waals surface area contributed by atoms with Gasteiger partial charge in [0.25, 0.3) is 0 Å². The molecule has 0 aromatic rings. The molecule has 2 N–H and O–H groups in total. The molecule has 2 aliphatic heterocycles. The lowest BCUT2D eigenvalue weighted by atomic mass is 9.98. The van der Waals surface area contributed by atoms with Crippen LogP contribution in [0.25, 0.3) is 0 Å². The Balaban J connectivity index is 2.06. The Labute approximate surface area is 68.7 Å². The van der Waals surface area contributed by atoms with Crippen LogP contribution in [0.2, 0.25) is 0 Å². The molecule has 2 rings (SSSR count). The molecule has 0 amide bonds. The molecule has 0 saturated carbocycles. The Morgan fingerprint density at radius 1 is 1.27 bits per heavy atom. The number of hydrogen-bond acceptors (Lipinski definition) is 2. The van der Waals surface area contributed by atoms with Gasteiger partial charge in [0.2, 0.25) is 0 Å². The van der Waals surface area contributed by atoms with E-state index >= 15 is 0 Å². The zero-order chi connectivity index (χ0) is 7.84. The van der Waals surface area contributed by atoms with E-state index in [2.05, 4.69) is 11.8 Å². The molecule has 0 aliphatic carbocycles. The fourth-order valence-electron chi connectivity index (χ4n) is 2.83. The van der Waals surface area contributed by atoms with E-state index in [1.165, 1.54) is 32.2 Å². The van der Waals surface area contributed by atoms with Crippen LogP contribution in [0.5, 0.6) is 0 Å². The van der Waals surface area contributed by atoms with Crippen molar-refractivity contribution in [2.75, 3.05) is 6.54 Å². The van der Waals surface area contributed by atoms with Crippen molar-refractivity contribution in [3.63, 3.8) is 0 Å². The van der Waals surface area contributed by atoms with Crippen LogP contribution in [-0.4, -0.2) is 29.6 Å². The zero-order valence-corrected chi connectivity index (χ0v) is 7.29. The van der Waals surface area contributed by atoms with E-state index < -0.39 is 0 Å². The third kappa shape index (κ3) is 1.18. The molecule has 0 radical (unpaired) electrons. The molecule has 0 aromatic carbocycles. The molecule has 2 nitrogen and oxygen atoms in total. The van der Waals surface area contributed by atoms with Crippen molar-refractivity contribution >= 4 is 0 Å². The van der Waals surface area contributed by atoms with Gasteiger partial charge in [-0.3, -0.25) is 4.90 Å². The summed E-state index contributed by atoms with van der Waals surface area (Å²) in [6.07, 6.45) is 5.27. The Kier molecular flexibility index (Phi) is 1.90. The Morgan fingerprint density at radius 3 is 2.27 bits per heavy atom. The molecule has 2 bridgehead atoms. The van der Waals surface area contributed by atoms with Crippen molar-refractivity contribution in [3.05, 3.63) is 0 Å². The molecule has 0 aromatic heterocycles. The quantitative estimate of drug-likeness (QED) is 0.609. The second-order valence-corrected chi connectivity index (χ2v) is 3.95. The van der Waals surface area contributed by atoms with Crippen LogP contribution in [-0.2, 0) is 0 Å². The fourth-order valence-corrected chi connectivity index (χ4v) is 2.83. The largest absolute Gasteiger partial charge is 0.328 e. The van der Waals surface area contributed by atoms with Crippen LogP contribution in [0, 0.1) is 0 Å². The van der Waals surface area contributed by atoms with Crippen LogP contribution in [0.15, 0.2) is 0 Å². The standard InChI is InChI=1S/C9H18N2/c1-2-11-8-3-4-9(11)6-7(10)5-8/h7-9H,2-6,10H2,1H3/t7-,8+,9-. The van der Waals surface area contributed by atoms with Crippen LogP contribution in [0.4, 0.5) is 0 Å². The van der Waals surface area contributed by atoms with E-state index in [0.29, 0.717) is 6.04 Å². The summed E-state index contributed by atoms with van der Waals surface area (Å²) < 4.78 is 0. The highest BCUT2D eigenvalue weighted by atomic mass is 15.2. The van der Waals surface area contributed by atoms with E-state index in [4.69, 9.17) is 5.73 Å². The lowest BCUT2D eigenvalue weighted by Gasteiger charge is -2.36. The minimum absolute atomic E-state index is 0.496. The SMILES string of the molecule is CCN1[C@@H]2CC[C@H]1C[C@@H](N)C2. The lowest BCUT2D eigenvalue weighted by Crippen LogP contribution is -2.47. The summed E-state index contributed by atoms with van der Waals surface area (Å²) in [7, 11) is 0. The average molecular weight is 154 g/mol. The second-order valence-electron chi connectivity index (χ2n) is 3.95. The van der Waals surface area contributed by atoms with Gasteiger partial charge >= 0.3 is 0 Å². The summed E-state index contributed by atoms with van der Waals surface area (Å²) in [6.45, 7) is 3.49. The van der Waals surface area contributed by atoms with Crippen molar-refractivity contribution in [1.82, 2.24) is 4.90 Å². The number of nitrogens with zero attached hydrogens (tertiary/aromatic N) is 1. The fraction of sp³-hybridized carbons (Fsp3) is 1.00. The number of rotatable bonds is 1. The van der Waals surface area contributed by atoms with E-state index in [-0.39, 0.29) is 0 Å². The summed E-state index contributed by atoms with van der Waals surface area (Å²) in [4.78, 5) is 2.64. The predicted octanol–water partition coefficient (Wildman–Crippen LogP) is 0.960. The molecule has 11 heavy (non-hydrogen) atoms. The molecular weight excluding hydrogens is 136 g/mol. The second kappa shape index (κ2) is 2.76. The minimum atomic E-state index is 0.496. The van der Waals surface area contributed by atoms with Gasteiger partial charge in [-0.15, -0.1) is 0 Å². The number of hydrogen-bond donors (Lipinski definition) is 1. The highest BCUT2D eigenvalue weighted by molar-refractivity contribution is 4.95. The Morgan fingerprint density at radius 2 is 1.82 bits per heavy atom. The summed E-state index contributed by atoms with van der Waals surface area (Å²) in [6, 6.07) is 2.15. The zero-order valence-electron chi connectivity index (χ0n) is 7.29. The van der Waals surface area contributed by atoms with Gasteiger partial charge in [-0.05, 0) is 32.2 Å². The van der Waals surface area contributed by atoms with E-state index in [0.717, 1.165) is 12.1 Å². The van der Waals surface area contributed by atoms with Crippen molar-refractivity contribution in [2.24, 2.45) is 5.73 Å². The van der Waals surface area contributed by atoms with E-state index in [1.807, 2.05) is 0 Å². The molecule has 3 atom stereocenters. The minimum Gasteiger partial charge on any atom is -0.328 e. The third-order valence-electron chi connectivity index (χ3n) is 3.29. The highest BCUT2D eigenvalue weighted by Crippen LogP contribution is 2.34. The van der Waals surface area contributed by atoms with Gasteiger partial charge in [-0.25, -0.2) is 0 Å². The maximum absolute atomic E-state index is 5.95. The van der Waals surface area contributed by atoms with Crippen molar-refractivity contribution in [2.45, 2.75) is 50.7 Å². The van der Waals surface area contributed by atoms with Crippen molar-refractivity contribution in [3.8, 4) is 0 Å². The first kappa shape index (κ1) is 7.56. The highest BCUT2D eigenvalue weighted by Gasteiger charge is 2.38. The number of fused-ring (bicyclic) bond motifs is 2. The maximum atomic E-state index is 5.95. The first-order chi connectivity index (χ1) is 5.31. The van der Waals surface area contributed by atoms with Gasteiger partial charge in [0.05, 0.1) is 0 Å². The van der Waals surface area contributed by atoms with E-state index in [1.54, 1.807) is 0 Å². The molecule has 2 saturated heterocycles. The van der Waals surface area contributed by atoms with Crippen LogP contribution in [0.1, 0.15) is 32.6 Å². The normalized spacial score (nSPS) is 44.7. The number of nitrogens with two attached hydrogens (primary N) is 1. The van der Waals surface area contributed by atoms with Crippen molar-refractivity contribution < 1.29 is 0 Å². The molecule has 2 heteroatoms. The smallest absolute Gasteiger partial charge is 0.0113 e. The van der Waals surface area contributed by atoms with Gasteiger partial charge in [0.1, 0.15) is 0 Å². The van der Waals surface area contributed by atoms with Crippen molar-refractivity contribution in [1.29, 1.82) is 0 Å². The predicted molar refractivity (Wildman–Crippen MR) is 46.4 cm³/mol. The van der Waals surface area contributed by atoms with E-state index in [9.17, 15) is 0 Å². The van der Waals surface area contributed by atoms with Crippen LogP contribution >= 0.6 is 0 Å². The molecule has 2 fully saturated rings. The van der Waals surface area contributed by atoms with Crippen LogP contribution in [0.3, 0.4) is 0 Å². The molecule has 0 spiro atoms. The molecule has 0 unspecified atom stereocenters.